The van der Waals surface area contributed by atoms with Crippen molar-refractivity contribution in [2.24, 2.45) is 0 Å². The minimum absolute atomic E-state index is 0.175. The quantitative estimate of drug-likeness (QED) is 0.588. The molecule has 1 aliphatic heterocycles. The van der Waals surface area contributed by atoms with Crippen molar-refractivity contribution in [3.05, 3.63) is 33.9 Å². The van der Waals surface area contributed by atoms with Crippen molar-refractivity contribution in [2.45, 2.75) is 51.7 Å². The molecule has 1 atom stereocenters. The smallest absolute Gasteiger partial charge is 0.408 e. The number of nitrogens with zero attached hydrogens (tertiary/aromatic N) is 2. The van der Waals surface area contributed by atoms with E-state index in [1.54, 1.807) is 45.7 Å². The van der Waals surface area contributed by atoms with Gasteiger partial charge in [0.15, 0.2) is 0 Å². The van der Waals surface area contributed by atoms with Crippen LogP contribution in [0.3, 0.4) is 0 Å². The highest BCUT2D eigenvalue weighted by Gasteiger charge is 2.42. The van der Waals surface area contributed by atoms with E-state index in [1.807, 2.05) is 0 Å². The van der Waals surface area contributed by atoms with Gasteiger partial charge in [-0.05, 0) is 52.2 Å². The highest BCUT2D eigenvalue weighted by molar-refractivity contribution is 5.91. The Bertz CT molecular complexity index is 768. The topological polar surface area (TPSA) is 114 Å². The summed E-state index contributed by atoms with van der Waals surface area (Å²) < 4.78 is 5.32. The molecule has 1 fully saturated rings. The number of rotatable bonds is 5. The number of amides is 2. The molecule has 1 heterocycles. The second-order valence-corrected chi connectivity index (χ2v) is 7.99. The van der Waals surface area contributed by atoms with Crippen LogP contribution < -0.4 is 10.6 Å². The van der Waals surface area contributed by atoms with Gasteiger partial charge in [-0.3, -0.25) is 14.9 Å². The van der Waals surface area contributed by atoms with Gasteiger partial charge < -0.3 is 20.3 Å². The van der Waals surface area contributed by atoms with Crippen molar-refractivity contribution in [1.82, 2.24) is 10.2 Å². The molecule has 9 heteroatoms. The van der Waals surface area contributed by atoms with Crippen molar-refractivity contribution >= 4 is 23.4 Å². The van der Waals surface area contributed by atoms with E-state index >= 15 is 0 Å². The fourth-order valence-corrected chi connectivity index (χ4v) is 3.20. The Balaban J connectivity index is 2.48. The SMILES string of the molecule is CNc1ccc(C(C)(NC(=O)OC(C)(C)C)C(=O)N2CCCC2)cc1[N+](=O)[O-]. The van der Waals surface area contributed by atoms with Gasteiger partial charge in [0, 0.05) is 26.2 Å². The Kier molecular flexibility index (Phi) is 6.16. The maximum absolute atomic E-state index is 13.3. The number of ether oxygens (including phenoxy) is 1. The Labute approximate surface area is 164 Å². The number of anilines is 1. The molecule has 154 valence electrons. The summed E-state index contributed by atoms with van der Waals surface area (Å²) in [6, 6.07) is 4.45. The molecule has 28 heavy (non-hydrogen) atoms. The lowest BCUT2D eigenvalue weighted by Crippen LogP contribution is -2.55. The van der Waals surface area contributed by atoms with Crippen molar-refractivity contribution in [3.63, 3.8) is 0 Å². The molecule has 0 radical (unpaired) electrons. The molecule has 2 rings (SSSR count). The van der Waals surface area contributed by atoms with Crippen LogP contribution in [-0.4, -0.2) is 47.6 Å². The first-order valence-corrected chi connectivity index (χ1v) is 9.25. The average Bonchev–Trinajstić information content (AvgIpc) is 3.12. The summed E-state index contributed by atoms with van der Waals surface area (Å²) in [5.74, 6) is -0.317. The number of hydrogen-bond donors (Lipinski definition) is 2. The Hall–Kier alpha value is -2.84. The lowest BCUT2D eigenvalue weighted by molar-refractivity contribution is -0.384. The zero-order chi connectivity index (χ0) is 21.1. The van der Waals surface area contributed by atoms with E-state index < -0.39 is 22.2 Å². The molecule has 1 aromatic rings. The van der Waals surface area contributed by atoms with Crippen molar-refractivity contribution in [1.29, 1.82) is 0 Å². The molecule has 1 saturated heterocycles. The average molecular weight is 392 g/mol. The van der Waals surface area contributed by atoms with E-state index in [2.05, 4.69) is 10.6 Å². The lowest BCUT2D eigenvalue weighted by atomic mass is 9.89. The van der Waals surface area contributed by atoms with Crippen LogP contribution in [0, 0.1) is 10.1 Å². The third kappa shape index (κ3) is 4.71. The summed E-state index contributed by atoms with van der Waals surface area (Å²) in [6.07, 6.45) is 1.00. The second-order valence-electron chi connectivity index (χ2n) is 7.99. The summed E-state index contributed by atoms with van der Waals surface area (Å²) in [7, 11) is 1.58. The van der Waals surface area contributed by atoms with Gasteiger partial charge in [0.25, 0.3) is 11.6 Å². The van der Waals surface area contributed by atoms with Gasteiger partial charge in [-0.1, -0.05) is 6.07 Å². The van der Waals surface area contributed by atoms with E-state index in [1.165, 1.54) is 12.1 Å². The fourth-order valence-electron chi connectivity index (χ4n) is 3.20. The molecule has 2 N–H and O–H groups in total. The highest BCUT2D eigenvalue weighted by Crippen LogP contribution is 2.32. The van der Waals surface area contributed by atoms with Gasteiger partial charge in [0.2, 0.25) is 0 Å². The van der Waals surface area contributed by atoms with Crippen LogP contribution in [-0.2, 0) is 15.1 Å². The highest BCUT2D eigenvalue weighted by atomic mass is 16.6. The van der Waals surface area contributed by atoms with Crippen molar-refractivity contribution in [2.75, 3.05) is 25.5 Å². The predicted octanol–water partition coefficient (Wildman–Crippen LogP) is 3.00. The summed E-state index contributed by atoms with van der Waals surface area (Å²) in [6.45, 7) is 7.88. The van der Waals surface area contributed by atoms with Crippen molar-refractivity contribution in [3.8, 4) is 0 Å². The summed E-state index contributed by atoms with van der Waals surface area (Å²) in [5, 5.41) is 16.9. The maximum atomic E-state index is 13.3. The maximum Gasteiger partial charge on any atom is 0.408 e. The van der Waals surface area contributed by atoms with Gasteiger partial charge in [0.05, 0.1) is 4.92 Å². The van der Waals surface area contributed by atoms with Crippen LogP contribution in [0.4, 0.5) is 16.2 Å². The second kappa shape index (κ2) is 8.04. The number of nitrogens with one attached hydrogen (secondary N) is 2. The van der Waals surface area contributed by atoms with Crippen molar-refractivity contribution < 1.29 is 19.2 Å². The molecule has 1 aliphatic rings. The number of carbonyl (C=O) groups excluding carboxylic acids is 2. The lowest BCUT2D eigenvalue weighted by Gasteiger charge is -2.34. The van der Waals surface area contributed by atoms with Gasteiger partial charge in [-0.25, -0.2) is 4.79 Å². The third-order valence-corrected chi connectivity index (χ3v) is 4.61. The number of nitro benzene ring substituents is 1. The molecular weight excluding hydrogens is 364 g/mol. The minimum atomic E-state index is -1.50. The first-order valence-electron chi connectivity index (χ1n) is 9.25. The van der Waals surface area contributed by atoms with Gasteiger partial charge >= 0.3 is 6.09 Å². The molecule has 2 amide bonds. The fraction of sp³-hybridized carbons (Fsp3) is 0.579. The molecular formula is C19H28N4O5. The molecule has 1 unspecified atom stereocenters. The van der Waals surface area contributed by atoms with Crippen LogP contribution in [0.5, 0.6) is 0 Å². The molecule has 0 spiro atoms. The van der Waals surface area contributed by atoms with Gasteiger partial charge in [-0.2, -0.15) is 0 Å². The monoisotopic (exact) mass is 392 g/mol. The molecule has 0 bridgehead atoms. The third-order valence-electron chi connectivity index (χ3n) is 4.61. The normalized spacial score (nSPS) is 16.2. The number of carbonyl (C=O) groups is 2. The Morgan fingerprint density at radius 2 is 1.79 bits per heavy atom. The van der Waals surface area contributed by atoms with E-state index in [-0.39, 0.29) is 11.6 Å². The van der Waals surface area contributed by atoms with Crippen LogP contribution in [0.1, 0.15) is 46.1 Å². The number of alkyl carbamates (subject to hydrolysis) is 1. The number of likely N-dealkylation sites (tertiary alicyclic amines) is 1. The van der Waals surface area contributed by atoms with Crippen LogP contribution in [0.15, 0.2) is 18.2 Å². The Morgan fingerprint density at radius 1 is 1.18 bits per heavy atom. The van der Waals surface area contributed by atoms with E-state index in [4.69, 9.17) is 4.74 Å². The summed E-state index contributed by atoms with van der Waals surface area (Å²) >= 11 is 0. The van der Waals surface area contributed by atoms with Crippen LogP contribution in [0.25, 0.3) is 0 Å². The zero-order valence-corrected chi connectivity index (χ0v) is 17.0. The molecule has 1 aromatic carbocycles. The largest absolute Gasteiger partial charge is 0.444 e. The van der Waals surface area contributed by atoms with Gasteiger partial charge in [0.1, 0.15) is 16.8 Å². The van der Waals surface area contributed by atoms with Gasteiger partial charge in [-0.15, -0.1) is 0 Å². The molecule has 0 aromatic heterocycles. The first-order chi connectivity index (χ1) is 13.0. The van der Waals surface area contributed by atoms with E-state index in [0.717, 1.165) is 12.8 Å². The molecule has 0 saturated carbocycles. The van der Waals surface area contributed by atoms with Crippen LogP contribution >= 0.6 is 0 Å². The minimum Gasteiger partial charge on any atom is -0.444 e. The van der Waals surface area contributed by atoms with E-state index in [0.29, 0.717) is 24.3 Å². The number of nitro groups is 1. The van der Waals surface area contributed by atoms with E-state index in [9.17, 15) is 19.7 Å². The number of hydrogen-bond acceptors (Lipinski definition) is 6. The molecule has 0 aliphatic carbocycles. The standard InChI is InChI=1S/C19H28N4O5/c1-18(2,3)28-17(25)21-19(4,16(24)22-10-6-7-11-22)13-8-9-14(20-5)15(12-13)23(26)27/h8-9,12,20H,6-7,10-11H2,1-5H3,(H,21,25). The first kappa shape index (κ1) is 21.5. The molecule has 9 nitrogen and oxygen atoms in total. The zero-order valence-electron chi connectivity index (χ0n) is 17.0. The predicted molar refractivity (Wildman–Crippen MR) is 105 cm³/mol. The summed E-state index contributed by atoms with van der Waals surface area (Å²) in [4.78, 5) is 38.3. The number of benzene rings is 1. The van der Waals surface area contributed by atoms with Crippen LogP contribution in [0.2, 0.25) is 0 Å². The Morgan fingerprint density at radius 3 is 2.29 bits per heavy atom. The summed E-state index contributed by atoms with van der Waals surface area (Å²) in [5.41, 5.74) is -1.78.